The lowest BCUT2D eigenvalue weighted by molar-refractivity contribution is -0.181. The largest absolute Gasteiger partial charge is 0.493 e. The van der Waals surface area contributed by atoms with E-state index in [-0.39, 0.29) is 23.7 Å². The van der Waals surface area contributed by atoms with E-state index in [2.05, 4.69) is 0 Å². The Morgan fingerprint density at radius 1 is 1.07 bits per heavy atom. The number of aliphatic carboxylic acids is 1. The summed E-state index contributed by atoms with van der Waals surface area (Å²) >= 11 is 0. The second-order valence-electron chi connectivity index (χ2n) is 11.5. The zero-order chi connectivity index (χ0) is 30.5. The molecule has 226 valence electrons. The van der Waals surface area contributed by atoms with Gasteiger partial charge in [-0.05, 0) is 49.3 Å². The molecule has 0 radical (unpaired) electrons. The van der Waals surface area contributed by atoms with Crippen LogP contribution in [0.5, 0.6) is 11.5 Å². The zero-order valence-electron chi connectivity index (χ0n) is 23.7. The third-order valence-electron chi connectivity index (χ3n) is 9.17. The molecule has 0 saturated heterocycles. The molecule has 0 unspecified atom stereocenters. The van der Waals surface area contributed by atoms with Gasteiger partial charge in [0.15, 0.2) is 17.6 Å². The molecule has 1 spiro atoms. The highest BCUT2D eigenvalue weighted by molar-refractivity contribution is 5.87. The quantitative estimate of drug-likeness (QED) is 0.326. The van der Waals surface area contributed by atoms with Crippen molar-refractivity contribution in [2.75, 3.05) is 7.11 Å². The molecule has 0 amide bonds. The number of methoxy groups -OCH3 is 1. The summed E-state index contributed by atoms with van der Waals surface area (Å²) in [6.45, 7) is 1.03. The number of rotatable bonds is 9. The van der Waals surface area contributed by atoms with Crippen molar-refractivity contribution in [2.45, 2.75) is 74.8 Å². The van der Waals surface area contributed by atoms with E-state index in [0.717, 1.165) is 30.9 Å². The van der Waals surface area contributed by atoms with Gasteiger partial charge >= 0.3 is 23.9 Å². The lowest BCUT2D eigenvalue weighted by Crippen LogP contribution is -2.67. The van der Waals surface area contributed by atoms with Crippen molar-refractivity contribution in [1.29, 1.82) is 0 Å². The van der Waals surface area contributed by atoms with E-state index in [1.54, 1.807) is 43.5 Å². The third-order valence-corrected chi connectivity index (χ3v) is 9.17. The van der Waals surface area contributed by atoms with Crippen molar-refractivity contribution in [1.82, 2.24) is 0 Å². The van der Waals surface area contributed by atoms with Crippen molar-refractivity contribution in [3.8, 4) is 11.5 Å². The molecule has 2 N–H and O–H groups in total. The first-order valence-electron chi connectivity index (χ1n) is 14.2. The Labute approximate surface area is 247 Å². The number of carbonyl (C=O) groups is 4. The fourth-order valence-corrected chi connectivity index (χ4v) is 7.46. The number of carboxylic acid groups (broad SMARTS) is 1. The van der Waals surface area contributed by atoms with E-state index in [9.17, 15) is 29.4 Å². The number of benzene rings is 2. The number of carboxylic acids is 1. The molecule has 1 fully saturated rings. The van der Waals surface area contributed by atoms with Crippen LogP contribution in [-0.4, -0.2) is 59.0 Å². The Morgan fingerprint density at radius 2 is 1.84 bits per heavy atom. The highest BCUT2D eigenvalue weighted by atomic mass is 16.6. The third kappa shape index (κ3) is 4.53. The average molecular weight is 593 g/mol. The maximum atomic E-state index is 13.8. The number of hydrogen-bond acceptors (Lipinski definition) is 10. The Bertz CT molecular complexity index is 1500. The lowest BCUT2D eigenvalue weighted by atomic mass is 9.47. The van der Waals surface area contributed by atoms with Crippen LogP contribution in [0, 0.1) is 5.92 Å². The molecular weight excluding hydrogens is 560 g/mol. The Kier molecular flexibility index (Phi) is 7.16. The minimum Gasteiger partial charge on any atom is -0.493 e. The monoisotopic (exact) mass is 592 g/mol. The molecule has 2 bridgehead atoms. The first-order chi connectivity index (χ1) is 20.6. The topological polar surface area (TPSA) is 155 Å². The van der Waals surface area contributed by atoms with Crippen molar-refractivity contribution in [3.63, 3.8) is 0 Å². The minimum absolute atomic E-state index is 0.00170. The molecule has 11 heteroatoms. The SMILES string of the molecule is COc1ccc2c3c1O[C@H]1C(OC(=O)[C@@H](OC(=O)[C@H](CC(=O)O)OC(C)=O)c4ccccc4)=CC[C@@]4(O)[C@H](CCC[C@]314)C2. The van der Waals surface area contributed by atoms with Gasteiger partial charge in [0.25, 0.3) is 0 Å². The molecule has 1 heterocycles. The van der Waals surface area contributed by atoms with Crippen LogP contribution in [0.15, 0.2) is 54.3 Å². The van der Waals surface area contributed by atoms with E-state index >= 15 is 0 Å². The van der Waals surface area contributed by atoms with Crippen LogP contribution in [0.25, 0.3) is 0 Å². The second-order valence-corrected chi connectivity index (χ2v) is 11.5. The molecule has 3 aliphatic carbocycles. The molecule has 2 aromatic carbocycles. The first kappa shape index (κ1) is 28.7. The highest BCUT2D eigenvalue weighted by Crippen LogP contribution is 2.67. The normalized spacial score (nSPS) is 27.4. The Morgan fingerprint density at radius 3 is 2.53 bits per heavy atom. The van der Waals surface area contributed by atoms with Crippen molar-refractivity contribution in [3.05, 3.63) is 71.0 Å². The second kappa shape index (κ2) is 10.7. The van der Waals surface area contributed by atoms with Gasteiger partial charge in [-0.3, -0.25) is 9.59 Å². The molecule has 1 aliphatic heterocycles. The van der Waals surface area contributed by atoms with Crippen LogP contribution >= 0.6 is 0 Å². The summed E-state index contributed by atoms with van der Waals surface area (Å²) in [6, 6.07) is 11.9. The van der Waals surface area contributed by atoms with E-state index in [1.807, 2.05) is 12.1 Å². The molecular formula is C32H32O11. The van der Waals surface area contributed by atoms with Gasteiger partial charge in [-0.15, -0.1) is 0 Å². The predicted molar refractivity (Wildman–Crippen MR) is 147 cm³/mol. The molecule has 6 rings (SSSR count). The summed E-state index contributed by atoms with van der Waals surface area (Å²) in [5.74, 6) is -3.23. The molecule has 43 heavy (non-hydrogen) atoms. The van der Waals surface area contributed by atoms with Gasteiger partial charge in [0.05, 0.1) is 24.5 Å². The number of hydrogen-bond donors (Lipinski definition) is 2. The molecule has 2 aromatic rings. The van der Waals surface area contributed by atoms with Crippen molar-refractivity contribution in [2.24, 2.45) is 5.92 Å². The Balaban J connectivity index is 1.34. The lowest BCUT2D eigenvalue weighted by Gasteiger charge is -2.59. The summed E-state index contributed by atoms with van der Waals surface area (Å²) in [7, 11) is 1.54. The van der Waals surface area contributed by atoms with Gasteiger partial charge in [0.1, 0.15) is 5.76 Å². The summed E-state index contributed by atoms with van der Waals surface area (Å²) < 4.78 is 28.4. The molecule has 6 atom stereocenters. The fraction of sp³-hybridized carbons (Fsp3) is 0.438. The van der Waals surface area contributed by atoms with Crippen LogP contribution in [0.1, 0.15) is 61.8 Å². The molecule has 4 aliphatic rings. The zero-order valence-corrected chi connectivity index (χ0v) is 23.7. The first-order valence-corrected chi connectivity index (χ1v) is 14.2. The summed E-state index contributed by atoms with van der Waals surface area (Å²) in [5.41, 5.74) is 0.250. The van der Waals surface area contributed by atoms with Crippen LogP contribution in [0.2, 0.25) is 0 Å². The number of carbonyl (C=O) groups excluding carboxylic acids is 3. The van der Waals surface area contributed by atoms with E-state index in [0.29, 0.717) is 24.3 Å². The van der Waals surface area contributed by atoms with Crippen LogP contribution < -0.4 is 9.47 Å². The van der Waals surface area contributed by atoms with E-state index < -0.39 is 59.6 Å². The average Bonchev–Trinajstić information content (AvgIpc) is 3.32. The van der Waals surface area contributed by atoms with Crippen LogP contribution in [0.4, 0.5) is 0 Å². The van der Waals surface area contributed by atoms with Gasteiger partial charge in [-0.2, -0.15) is 0 Å². The molecule has 0 aromatic heterocycles. The number of aliphatic hydroxyl groups is 1. The fourth-order valence-electron chi connectivity index (χ4n) is 7.46. The summed E-state index contributed by atoms with van der Waals surface area (Å²) in [4.78, 5) is 49.7. The van der Waals surface area contributed by atoms with Gasteiger partial charge in [-0.25, -0.2) is 9.59 Å². The van der Waals surface area contributed by atoms with E-state index in [1.165, 1.54) is 0 Å². The number of ether oxygens (including phenoxy) is 5. The highest BCUT2D eigenvalue weighted by Gasteiger charge is 2.71. The standard InChI is InChI=1S/C32H32O11/c1-17(33)40-23(16-24(34)35)29(36)43-26(18-7-4-3-5-8-18)30(37)41-22-12-14-32(38)20-9-6-13-31(32)25-19(15-20)10-11-21(39-2)27(25)42-28(22)31/h3-5,7-8,10-12,20,23,26,28,38H,6,9,13-16H2,1-2H3,(H,34,35)/t20-,23+,26+,28+,31+,32-/m1/s1. The van der Waals surface area contributed by atoms with Gasteiger partial charge in [0, 0.05) is 18.1 Å². The maximum Gasteiger partial charge on any atom is 0.357 e. The van der Waals surface area contributed by atoms with Gasteiger partial charge in [-0.1, -0.05) is 42.8 Å². The Hall–Kier alpha value is -4.38. The van der Waals surface area contributed by atoms with Crippen LogP contribution in [0.3, 0.4) is 0 Å². The van der Waals surface area contributed by atoms with Gasteiger partial charge < -0.3 is 33.9 Å². The smallest absolute Gasteiger partial charge is 0.357 e. The summed E-state index contributed by atoms with van der Waals surface area (Å²) in [5, 5.41) is 21.5. The minimum atomic E-state index is -1.77. The van der Waals surface area contributed by atoms with Gasteiger partial charge in [0.2, 0.25) is 12.2 Å². The van der Waals surface area contributed by atoms with Crippen molar-refractivity contribution >= 4 is 23.9 Å². The molecule has 1 saturated carbocycles. The predicted octanol–water partition coefficient (Wildman–Crippen LogP) is 3.30. The summed E-state index contributed by atoms with van der Waals surface area (Å²) in [6.07, 6.45) is -0.125. The van der Waals surface area contributed by atoms with E-state index in [4.69, 9.17) is 23.7 Å². The number of esters is 3. The van der Waals surface area contributed by atoms with Crippen molar-refractivity contribution < 1.29 is 53.1 Å². The van der Waals surface area contributed by atoms with Crippen LogP contribution in [-0.2, 0) is 45.2 Å². The molecule has 11 nitrogen and oxygen atoms in total. The maximum absolute atomic E-state index is 13.8.